The molecule has 0 saturated heterocycles. The fourth-order valence-electron chi connectivity index (χ4n) is 3.88. The first-order valence-corrected chi connectivity index (χ1v) is 10.7. The fraction of sp³-hybridized carbons (Fsp3) is 0.320. The van der Waals surface area contributed by atoms with E-state index in [4.69, 9.17) is 14.3 Å². The van der Waals surface area contributed by atoms with Gasteiger partial charge < -0.3 is 14.3 Å². The van der Waals surface area contributed by atoms with Crippen LogP contribution in [0.2, 0.25) is 0 Å². The Labute approximate surface area is 195 Å². The zero-order valence-corrected chi connectivity index (χ0v) is 18.9. The SMILES string of the molecule is C=CCC(CC)(CC)c1cc(-c2nnc(-c3ccc(C(=O)O)cc3)o2)ccc1OCC(F)(F)F. The highest BCUT2D eigenvalue weighted by atomic mass is 19.4. The molecule has 0 unspecified atom stereocenters. The average molecular weight is 474 g/mol. The van der Waals surface area contributed by atoms with Crippen LogP contribution < -0.4 is 4.74 Å². The van der Waals surface area contributed by atoms with Crippen molar-refractivity contribution in [3.63, 3.8) is 0 Å². The first-order valence-electron chi connectivity index (χ1n) is 10.7. The van der Waals surface area contributed by atoms with Crippen molar-refractivity contribution in [2.24, 2.45) is 0 Å². The highest BCUT2D eigenvalue weighted by Crippen LogP contribution is 2.43. The second-order valence-electron chi connectivity index (χ2n) is 7.89. The van der Waals surface area contributed by atoms with E-state index in [1.54, 1.807) is 30.3 Å². The Balaban J connectivity index is 2.02. The molecule has 180 valence electrons. The van der Waals surface area contributed by atoms with Gasteiger partial charge in [-0.3, -0.25) is 0 Å². The topological polar surface area (TPSA) is 85.5 Å². The van der Waals surface area contributed by atoms with E-state index in [0.717, 1.165) is 0 Å². The van der Waals surface area contributed by atoms with Gasteiger partial charge in [-0.15, -0.1) is 16.8 Å². The maximum absolute atomic E-state index is 12.9. The van der Waals surface area contributed by atoms with Crippen LogP contribution in [0.25, 0.3) is 22.9 Å². The van der Waals surface area contributed by atoms with Gasteiger partial charge in [0.15, 0.2) is 6.61 Å². The number of nitrogens with zero attached hydrogens (tertiary/aromatic N) is 2. The number of hydrogen-bond acceptors (Lipinski definition) is 5. The zero-order valence-electron chi connectivity index (χ0n) is 18.9. The number of alkyl halides is 3. The van der Waals surface area contributed by atoms with E-state index >= 15 is 0 Å². The monoisotopic (exact) mass is 474 g/mol. The van der Waals surface area contributed by atoms with Gasteiger partial charge in [-0.25, -0.2) is 4.79 Å². The summed E-state index contributed by atoms with van der Waals surface area (Å²) in [7, 11) is 0. The second-order valence-corrected chi connectivity index (χ2v) is 7.89. The molecular weight excluding hydrogens is 449 g/mol. The van der Waals surface area contributed by atoms with Crippen LogP contribution in [0.5, 0.6) is 5.75 Å². The molecule has 0 aliphatic carbocycles. The van der Waals surface area contributed by atoms with Crippen LogP contribution in [0.4, 0.5) is 13.2 Å². The van der Waals surface area contributed by atoms with Crippen molar-refractivity contribution in [3.8, 4) is 28.7 Å². The maximum Gasteiger partial charge on any atom is 0.422 e. The fourth-order valence-corrected chi connectivity index (χ4v) is 3.88. The molecule has 0 radical (unpaired) electrons. The van der Waals surface area contributed by atoms with E-state index in [1.165, 1.54) is 18.2 Å². The molecule has 0 aliphatic heterocycles. The summed E-state index contributed by atoms with van der Waals surface area (Å²) in [6.07, 6.45) is -0.846. The standard InChI is InChI=1S/C25H25F3N2O4/c1-4-13-24(5-2,6-3)19-14-18(11-12-20(19)33-15-25(26,27)28)22-30-29-21(34-22)16-7-9-17(10-8-16)23(31)32/h4,7-12,14H,1,5-6,13,15H2,2-3H3,(H,31,32). The number of rotatable bonds is 10. The molecule has 1 N–H and O–H groups in total. The third-order valence-corrected chi connectivity index (χ3v) is 5.88. The van der Waals surface area contributed by atoms with Gasteiger partial charge in [0.1, 0.15) is 5.75 Å². The number of aromatic nitrogens is 2. The van der Waals surface area contributed by atoms with Gasteiger partial charge in [-0.1, -0.05) is 19.9 Å². The van der Waals surface area contributed by atoms with Crippen LogP contribution in [0.1, 0.15) is 49.0 Å². The number of carbonyl (C=O) groups is 1. The summed E-state index contributed by atoms with van der Waals surface area (Å²) in [6.45, 7) is 6.37. The van der Waals surface area contributed by atoms with Crippen LogP contribution in [0.3, 0.4) is 0 Å². The summed E-state index contributed by atoms with van der Waals surface area (Å²) in [5.74, 6) is -0.529. The molecule has 6 nitrogen and oxygen atoms in total. The molecule has 0 bridgehead atoms. The maximum atomic E-state index is 12.9. The van der Waals surface area contributed by atoms with Gasteiger partial charge in [-0.05, 0) is 61.7 Å². The summed E-state index contributed by atoms with van der Waals surface area (Å²) >= 11 is 0. The third kappa shape index (κ3) is 5.47. The lowest BCUT2D eigenvalue weighted by Crippen LogP contribution is -2.26. The van der Waals surface area contributed by atoms with Gasteiger partial charge in [0.05, 0.1) is 5.56 Å². The van der Waals surface area contributed by atoms with Crippen molar-refractivity contribution in [3.05, 3.63) is 66.2 Å². The molecular formula is C25H25F3N2O4. The summed E-state index contributed by atoms with van der Waals surface area (Å²) in [5, 5.41) is 17.2. The van der Waals surface area contributed by atoms with Crippen molar-refractivity contribution < 1.29 is 32.2 Å². The molecule has 0 saturated carbocycles. The summed E-state index contributed by atoms with van der Waals surface area (Å²) in [6, 6.07) is 10.8. The van der Waals surface area contributed by atoms with Crippen LogP contribution in [0.15, 0.2) is 59.5 Å². The van der Waals surface area contributed by atoms with Gasteiger partial charge in [0.25, 0.3) is 0 Å². The Kier molecular flexibility index (Phi) is 7.44. The lowest BCUT2D eigenvalue weighted by molar-refractivity contribution is -0.153. The lowest BCUT2D eigenvalue weighted by atomic mass is 9.72. The van der Waals surface area contributed by atoms with Crippen LogP contribution in [-0.4, -0.2) is 34.1 Å². The minimum absolute atomic E-state index is 0.125. The molecule has 0 aliphatic rings. The van der Waals surface area contributed by atoms with Gasteiger partial charge in [-0.2, -0.15) is 13.2 Å². The Morgan fingerprint density at radius 3 is 2.18 bits per heavy atom. The van der Waals surface area contributed by atoms with Crippen molar-refractivity contribution in [1.29, 1.82) is 0 Å². The van der Waals surface area contributed by atoms with Crippen LogP contribution in [-0.2, 0) is 5.41 Å². The smallest absolute Gasteiger partial charge is 0.422 e. The molecule has 0 fully saturated rings. The Hall–Kier alpha value is -3.62. The third-order valence-electron chi connectivity index (χ3n) is 5.88. The van der Waals surface area contributed by atoms with E-state index in [1.807, 2.05) is 13.8 Å². The van der Waals surface area contributed by atoms with E-state index in [9.17, 15) is 18.0 Å². The lowest BCUT2D eigenvalue weighted by Gasteiger charge is -2.33. The number of halogens is 3. The number of carboxylic acid groups (broad SMARTS) is 1. The number of ether oxygens (including phenoxy) is 1. The second kappa shape index (κ2) is 10.1. The Bertz CT molecular complexity index is 1150. The molecule has 9 heteroatoms. The zero-order chi connectivity index (χ0) is 24.9. The quantitative estimate of drug-likeness (QED) is 0.330. The Morgan fingerprint density at radius 1 is 1.06 bits per heavy atom. The number of hydrogen-bond donors (Lipinski definition) is 1. The van der Waals surface area contributed by atoms with Crippen LogP contribution >= 0.6 is 0 Å². The summed E-state index contributed by atoms with van der Waals surface area (Å²) in [5.41, 5.74) is 1.33. The highest BCUT2D eigenvalue weighted by molar-refractivity contribution is 5.88. The summed E-state index contributed by atoms with van der Waals surface area (Å²) in [4.78, 5) is 11.0. The van der Waals surface area contributed by atoms with Crippen LogP contribution in [0, 0.1) is 0 Å². The van der Waals surface area contributed by atoms with Crippen molar-refractivity contribution in [1.82, 2.24) is 10.2 Å². The molecule has 2 aromatic carbocycles. The number of aromatic carboxylic acids is 1. The molecule has 34 heavy (non-hydrogen) atoms. The van der Waals surface area contributed by atoms with E-state index < -0.39 is 24.2 Å². The number of allylic oxidation sites excluding steroid dienone is 1. The van der Waals surface area contributed by atoms with E-state index in [2.05, 4.69) is 16.8 Å². The highest BCUT2D eigenvalue weighted by Gasteiger charge is 2.34. The summed E-state index contributed by atoms with van der Waals surface area (Å²) < 4.78 is 49.5. The van der Waals surface area contributed by atoms with Crippen molar-refractivity contribution in [2.75, 3.05) is 6.61 Å². The first kappa shape index (κ1) is 25.0. The van der Waals surface area contributed by atoms with Gasteiger partial charge in [0, 0.05) is 22.1 Å². The minimum atomic E-state index is -4.47. The Morgan fingerprint density at radius 2 is 1.65 bits per heavy atom. The average Bonchev–Trinajstić information content (AvgIpc) is 3.31. The van der Waals surface area contributed by atoms with E-state index in [-0.39, 0.29) is 23.1 Å². The molecule has 0 atom stereocenters. The van der Waals surface area contributed by atoms with Gasteiger partial charge >= 0.3 is 12.1 Å². The van der Waals surface area contributed by atoms with Gasteiger partial charge in [0.2, 0.25) is 11.8 Å². The number of benzene rings is 2. The number of carboxylic acids is 1. The molecule has 1 heterocycles. The normalized spacial score (nSPS) is 11.9. The largest absolute Gasteiger partial charge is 0.484 e. The van der Waals surface area contributed by atoms with Crippen molar-refractivity contribution in [2.45, 2.75) is 44.7 Å². The molecule has 1 aromatic heterocycles. The minimum Gasteiger partial charge on any atom is -0.484 e. The molecule has 3 aromatic rings. The predicted octanol–water partition coefficient (Wildman–Crippen LogP) is 6.68. The predicted molar refractivity (Wildman–Crippen MR) is 121 cm³/mol. The van der Waals surface area contributed by atoms with Crippen molar-refractivity contribution >= 4 is 5.97 Å². The first-order chi connectivity index (χ1) is 16.1. The van der Waals surface area contributed by atoms with E-state index in [0.29, 0.717) is 36.0 Å². The molecule has 3 rings (SSSR count). The molecule has 0 amide bonds. The molecule has 0 spiro atoms.